The summed E-state index contributed by atoms with van der Waals surface area (Å²) in [7, 11) is 0. The first kappa shape index (κ1) is 14.8. The van der Waals surface area contributed by atoms with Crippen molar-refractivity contribution in [2.45, 2.75) is 31.6 Å². The van der Waals surface area contributed by atoms with Crippen LogP contribution in [0.15, 0.2) is 36.7 Å². The lowest BCUT2D eigenvalue weighted by Crippen LogP contribution is -2.33. The summed E-state index contributed by atoms with van der Waals surface area (Å²) in [5.74, 6) is -1.38. The molecule has 1 aromatic carbocycles. The monoisotopic (exact) mass is 341 g/mol. The van der Waals surface area contributed by atoms with Crippen LogP contribution < -0.4 is 4.90 Å². The molecular weight excluding hydrogens is 325 g/mol. The van der Waals surface area contributed by atoms with E-state index in [1.807, 2.05) is 0 Å². The number of hydrogen-bond acceptors (Lipinski definition) is 4. The molecule has 0 N–H and O–H groups in total. The van der Waals surface area contributed by atoms with Gasteiger partial charge in [-0.1, -0.05) is 12.1 Å². The summed E-state index contributed by atoms with van der Waals surface area (Å²) >= 11 is 0. The Morgan fingerprint density at radius 3 is 2.56 bits per heavy atom. The number of carbonyl (C=O) groups is 2. The van der Waals surface area contributed by atoms with E-state index >= 15 is 0 Å². The fraction of sp³-hybridized carbons (Fsp3) is 0.389. The van der Waals surface area contributed by atoms with Crippen molar-refractivity contribution in [2.24, 2.45) is 11.8 Å². The van der Waals surface area contributed by atoms with Gasteiger partial charge in [-0.05, 0) is 30.5 Å². The van der Waals surface area contributed by atoms with Gasteiger partial charge in [0.05, 0.1) is 42.5 Å². The molecule has 6 nitrogen and oxygen atoms in total. The zero-order chi connectivity index (χ0) is 17.1. The van der Waals surface area contributed by atoms with Crippen LogP contribution in [-0.4, -0.2) is 33.8 Å². The minimum Gasteiger partial charge on any atom is -0.373 e. The maximum atomic E-state index is 13.3. The SMILES string of the molecule is O=C1C2C3CCC(O3)C2C(=O)N1c1cnn(Cc2cccc(F)c2)c1. The van der Waals surface area contributed by atoms with Gasteiger partial charge >= 0.3 is 0 Å². The minimum atomic E-state index is -0.349. The van der Waals surface area contributed by atoms with Crippen molar-refractivity contribution in [3.63, 3.8) is 0 Å². The largest absolute Gasteiger partial charge is 0.373 e. The maximum absolute atomic E-state index is 13.3. The zero-order valence-electron chi connectivity index (χ0n) is 13.3. The molecule has 3 aliphatic rings. The number of rotatable bonds is 3. The highest BCUT2D eigenvalue weighted by Gasteiger charge is 2.62. The zero-order valence-corrected chi connectivity index (χ0v) is 13.3. The predicted molar refractivity (Wildman–Crippen MR) is 85.1 cm³/mol. The second-order valence-electron chi connectivity index (χ2n) is 6.88. The van der Waals surface area contributed by atoms with Crippen molar-refractivity contribution in [2.75, 3.05) is 4.90 Å². The molecule has 2 aromatic rings. The summed E-state index contributed by atoms with van der Waals surface area (Å²) in [4.78, 5) is 26.7. The van der Waals surface area contributed by atoms with Gasteiger partial charge in [-0.15, -0.1) is 0 Å². The number of benzene rings is 1. The summed E-state index contributed by atoms with van der Waals surface area (Å²) in [6.45, 7) is 0.370. The third-order valence-corrected chi connectivity index (χ3v) is 5.40. The van der Waals surface area contributed by atoms with Gasteiger partial charge < -0.3 is 4.74 Å². The molecule has 1 aromatic heterocycles. The van der Waals surface area contributed by atoms with E-state index in [9.17, 15) is 14.0 Å². The second-order valence-corrected chi connectivity index (χ2v) is 6.88. The Hall–Kier alpha value is -2.54. The molecule has 5 rings (SSSR count). The first-order chi connectivity index (χ1) is 12.1. The number of halogens is 1. The quantitative estimate of drug-likeness (QED) is 0.798. The lowest BCUT2D eigenvalue weighted by atomic mass is 9.81. The van der Waals surface area contributed by atoms with Crippen LogP contribution in [0.4, 0.5) is 10.1 Å². The molecule has 3 saturated heterocycles. The predicted octanol–water partition coefficient (Wildman–Crippen LogP) is 1.74. The number of carbonyl (C=O) groups excluding carboxylic acids is 2. The maximum Gasteiger partial charge on any atom is 0.240 e. The van der Waals surface area contributed by atoms with Gasteiger partial charge in [0.2, 0.25) is 11.8 Å². The average Bonchev–Trinajstić information content (AvgIpc) is 3.33. The van der Waals surface area contributed by atoms with E-state index in [0.717, 1.165) is 18.4 Å². The van der Waals surface area contributed by atoms with Crippen LogP contribution in [-0.2, 0) is 20.9 Å². The number of aromatic nitrogens is 2. The molecule has 0 spiro atoms. The molecule has 3 fully saturated rings. The van der Waals surface area contributed by atoms with Crippen molar-refractivity contribution in [1.82, 2.24) is 9.78 Å². The number of nitrogens with zero attached hydrogens (tertiary/aromatic N) is 3. The van der Waals surface area contributed by atoms with Crippen LogP contribution >= 0.6 is 0 Å². The summed E-state index contributed by atoms with van der Waals surface area (Å²) in [5, 5.41) is 4.22. The number of hydrogen-bond donors (Lipinski definition) is 0. The highest BCUT2D eigenvalue weighted by Crippen LogP contribution is 2.49. The molecule has 128 valence electrons. The van der Waals surface area contributed by atoms with E-state index in [0.29, 0.717) is 12.2 Å². The molecular formula is C18H16FN3O3. The third-order valence-electron chi connectivity index (χ3n) is 5.40. The third kappa shape index (κ3) is 2.15. The molecule has 2 amide bonds. The van der Waals surface area contributed by atoms with Gasteiger partial charge in [0.25, 0.3) is 0 Å². The lowest BCUT2D eigenvalue weighted by Gasteiger charge is -2.15. The smallest absolute Gasteiger partial charge is 0.240 e. The Balaban J connectivity index is 1.40. The highest BCUT2D eigenvalue weighted by atomic mass is 19.1. The minimum absolute atomic E-state index is 0.126. The van der Waals surface area contributed by atoms with E-state index in [4.69, 9.17) is 4.74 Å². The summed E-state index contributed by atoms with van der Waals surface area (Å²) < 4.78 is 20.6. The Morgan fingerprint density at radius 1 is 1.16 bits per heavy atom. The Morgan fingerprint density at radius 2 is 1.88 bits per heavy atom. The number of amides is 2. The van der Waals surface area contributed by atoms with Gasteiger partial charge in [0, 0.05) is 6.20 Å². The molecule has 4 heterocycles. The topological polar surface area (TPSA) is 64.4 Å². The normalized spacial score (nSPS) is 30.4. The molecule has 4 unspecified atom stereocenters. The van der Waals surface area contributed by atoms with Crippen LogP contribution in [0.3, 0.4) is 0 Å². The molecule has 0 saturated carbocycles. The molecule has 7 heteroatoms. The molecule has 4 atom stereocenters. The van der Waals surface area contributed by atoms with Gasteiger partial charge in [0.1, 0.15) is 5.82 Å². The van der Waals surface area contributed by atoms with E-state index in [1.54, 1.807) is 23.0 Å². The van der Waals surface area contributed by atoms with Gasteiger partial charge in [-0.2, -0.15) is 5.10 Å². The first-order valence-electron chi connectivity index (χ1n) is 8.42. The Kier molecular flexibility index (Phi) is 3.09. The number of ether oxygens (including phenoxy) is 1. The van der Waals surface area contributed by atoms with Crippen LogP contribution in [0.25, 0.3) is 0 Å². The summed E-state index contributed by atoms with van der Waals surface area (Å²) in [5.41, 5.74) is 1.23. The van der Waals surface area contributed by atoms with Gasteiger partial charge in [-0.25, -0.2) is 9.29 Å². The van der Waals surface area contributed by atoms with E-state index in [1.165, 1.54) is 23.2 Å². The first-order valence-corrected chi connectivity index (χ1v) is 8.42. The Labute approximate surface area is 143 Å². The van der Waals surface area contributed by atoms with E-state index in [-0.39, 0.29) is 41.7 Å². The van der Waals surface area contributed by atoms with E-state index < -0.39 is 0 Å². The van der Waals surface area contributed by atoms with Crippen LogP contribution in [0.2, 0.25) is 0 Å². The van der Waals surface area contributed by atoms with Crippen molar-refractivity contribution >= 4 is 17.5 Å². The lowest BCUT2D eigenvalue weighted by molar-refractivity contribution is -0.124. The summed E-state index contributed by atoms with van der Waals surface area (Å²) in [6, 6.07) is 6.26. The second kappa shape index (κ2) is 5.23. The Bertz CT molecular complexity index is 852. The van der Waals surface area contributed by atoms with Crippen LogP contribution in [0.1, 0.15) is 18.4 Å². The fourth-order valence-corrected chi connectivity index (χ4v) is 4.34. The number of anilines is 1. The fourth-order valence-electron chi connectivity index (χ4n) is 4.34. The average molecular weight is 341 g/mol. The molecule has 2 bridgehead atoms. The van der Waals surface area contributed by atoms with Crippen molar-refractivity contribution in [3.8, 4) is 0 Å². The molecule has 3 aliphatic heterocycles. The van der Waals surface area contributed by atoms with Crippen molar-refractivity contribution in [3.05, 3.63) is 48.0 Å². The standard InChI is InChI=1S/C18H16FN3O3/c19-11-3-1-2-10(6-11)8-21-9-12(7-20-21)22-17(23)15-13-4-5-14(25-13)16(15)18(22)24/h1-3,6-7,9,13-16H,4-5,8H2. The number of fused-ring (bicyclic) bond motifs is 5. The number of imide groups is 1. The van der Waals surface area contributed by atoms with Gasteiger partial charge in [-0.3, -0.25) is 14.3 Å². The van der Waals surface area contributed by atoms with Crippen molar-refractivity contribution in [1.29, 1.82) is 0 Å². The van der Waals surface area contributed by atoms with Crippen molar-refractivity contribution < 1.29 is 18.7 Å². The molecule has 25 heavy (non-hydrogen) atoms. The van der Waals surface area contributed by atoms with Crippen LogP contribution in [0.5, 0.6) is 0 Å². The highest BCUT2D eigenvalue weighted by molar-refractivity contribution is 6.22. The molecule has 0 aliphatic carbocycles. The van der Waals surface area contributed by atoms with Crippen LogP contribution in [0, 0.1) is 17.7 Å². The summed E-state index contributed by atoms with van der Waals surface area (Å²) in [6.07, 6.45) is 4.61. The van der Waals surface area contributed by atoms with E-state index in [2.05, 4.69) is 5.10 Å². The van der Waals surface area contributed by atoms with Gasteiger partial charge in [0.15, 0.2) is 0 Å². The molecule has 0 radical (unpaired) electrons.